The molecule has 0 fully saturated rings. The van der Waals surface area contributed by atoms with Crippen molar-refractivity contribution in [3.8, 4) is 0 Å². The molecule has 0 saturated carbocycles. The molecule has 2 aromatic rings. The molecule has 0 aliphatic heterocycles. The average molecular weight is 299 g/mol. The molecule has 0 spiro atoms. The zero-order valence-corrected chi connectivity index (χ0v) is 11.1. The molecule has 0 aliphatic carbocycles. The standard InChI is InChI=1S/C13H9Cl2FN2O/c14-10-5-9(17)6-11(15)12(10)18-13(19)7-2-1-3-8(16)4-7/h1-6H,17H2,(H,18,19). The lowest BCUT2D eigenvalue weighted by Gasteiger charge is -2.10. The van der Waals surface area contributed by atoms with Crippen LogP contribution in [0.5, 0.6) is 0 Å². The van der Waals surface area contributed by atoms with E-state index in [9.17, 15) is 9.18 Å². The molecular weight excluding hydrogens is 290 g/mol. The van der Waals surface area contributed by atoms with Gasteiger partial charge in [0.25, 0.3) is 5.91 Å². The van der Waals surface area contributed by atoms with E-state index in [2.05, 4.69) is 5.32 Å². The van der Waals surface area contributed by atoms with Crippen molar-refractivity contribution < 1.29 is 9.18 Å². The number of hydrogen-bond acceptors (Lipinski definition) is 2. The molecule has 3 nitrogen and oxygen atoms in total. The van der Waals surface area contributed by atoms with Crippen molar-refractivity contribution in [1.82, 2.24) is 0 Å². The number of hydrogen-bond donors (Lipinski definition) is 2. The van der Waals surface area contributed by atoms with Gasteiger partial charge in [0, 0.05) is 11.3 Å². The second-order valence-corrected chi connectivity index (χ2v) is 4.64. The highest BCUT2D eigenvalue weighted by molar-refractivity contribution is 6.40. The molecule has 98 valence electrons. The number of nitrogen functional groups attached to an aromatic ring is 1. The van der Waals surface area contributed by atoms with Crippen LogP contribution in [0.2, 0.25) is 10.0 Å². The van der Waals surface area contributed by atoms with Crippen molar-refractivity contribution in [1.29, 1.82) is 0 Å². The van der Waals surface area contributed by atoms with Gasteiger partial charge in [0.15, 0.2) is 0 Å². The third-order valence-corrected chi connectivity index (χ3v) is 2.99. The second-order valence-electron chi connectivity index (χ2n) is 3.82. The predicted octanol–water partition coefficient (Wildman–Crippen LogP) is 3.97. The van der Waals surface area contributed by atoms with Crippen LogP contribution >= 0.6 is 23.2 Å². The van der Waals surface area contributed by atoms with Crippen LogP contribution in [-0.2, 0) is 0 Å². The summed E-state index contributed by atoms with van der Waals surface area (Å²) in [7, 11) is 0. The zero-order chi connectivity index (χ0) is 14.0. The second kappa shape index (κ2) is 5.47. The molecule has 3 N–H and O–H groups in total. The molecule has 0 aliphatic rings. The lowest BCUT2D eigenvalue weighted by molar-refractivity contribution is 0.102. The number of carbonyl (C=O) groups is 1. The molecule has 0 radical (unpaired) electrons. The number of nitrogens with two attached hydrogens (primary N) is 1. The largest absolute Gasteiger partial charge is 0.399 e. The average Bonchev–Trinajstić information content (AvgIpc) is 2.33. The van der Waals surface area contributed by atoms with Crippen molar-refractivity contribution in [2.75, 3.05) is 11.1 Å². The van der Waals surface area contributed by atoms with Gasteiger partial charge in [0.1, 0.15) is 5.82 Å². The number of nitrogens with one attached hydrogen (secondary N) is 1. The minimum atomic E-state index is -0.506. The van der Waals surface area contributed by atoms with Gasteiger partial charge in [-0.05, 0) is 30.3 Å². The maximum absolute atomic E-state index is 13.0. The SMILES string of the molecule is Nc1cc(Cl)c(NC(=O)c2cccc(F)c2)c(Cl)c1. The van der Waals surface area contributed by atoms with Gasteiger partial charge < -0.3 is 11.1 Å². The highest BCUT2D eigenvalue weighted by Crippen LogP contribution is 2.33. The fourth-order valence-corrected chi connectivity index (χ4v) is 2.13. The minimum Gasteiger partial charge on any atom is -0.399 e. The number of rotatable bonds is 2. The summed E-state index contributed by atoms with van der Waals surface area (Å²) in [4.78, 5) is 11.9. The molecule has 2 rings (SSSR count). The predicted molar refractivity (Wildman–Crippen MR) is 75.2 cm³/mol. The highest BCUT2D eigenvalue weighted by atomic mass is 35.5. The quantitative estimate of drug-likeness (QED) is 0.824. The molecule has 2 aromatic carbocycles. The van der Waals surface area contributed by atoms with Crippen LogP contribution in [0.1, 0.15) is 10.4 Å². The lowest BCUT2D eigenvalue weighted by Crippen LogP contribution is -2.13. The number of benzene rings is 2. The number of amides is 1. The topological polar surface area (TPSA) is 55.1 Å². The number of anilines is 2. The maximum Gasteiger partial charge on any atom is 0.255 e. The lowest BCUT2D eigenvalue weighted by atomic mass is 10.2. The summed E-state index contributed by atoms with van der Waals surface area (Å²) in [5.74, 6) is -1.00. The van der Waals surface area contributed by atoms with Crippen LogP contribution in [-0.4, -0.2) is 5.91 Å². The third kappa shape index (κ3) is 3.16. The van der Waals surface area contributed by atoms with E-state index in [-0.39, 0.29) is 21.3 Å². The van der Waals surface area contributed by atoms with E-state index < -0.39 is 11.7 Å². The van der Waals surface area contributed by atoms with Crippen LogP contribution in [0, 0.1) is 5.82 Å². The van der Waals surface area contributed by atoms with Crippen molar-refractivity contribution in [3.05, 3.63) is 57.8 Å². The molecular formula is C13H9Cl2FN2O. The van der Waals surface area contributed by atoms with Gasteiger partial charge in [-0.25, -0.2) is 4.39 Å². The summed E-state index contributed by atoms with van der Waals surface area (Å²) in [6, 6.07) is 8.23. The zero-order valence-electron chi connectivity index (χ0n) is 9.58. The van der Waals surface area contributed by atoms with Crippen LogP contribution in [0.3, 0.4) is 0 Å². The van der Waals surface area contributed by atoms with Crippen LogP contribution in [0.15, 0.2) is 36.4 Å². The Bertz CT molecular complexity index is 623. The van der Waals surface area contributed by atoms with E-state index in [4.69, 9.17) is 28.9 Å². The summed E-state index contributed by atoms with van der Waals surface area (Å²) in [5.41, 5.74) is 6.36. The molecule has 0 heterocycles. The molecule has 0 bridgehead atoms. The van der Waals surface area contributed by atoms with Crippen molar-refractivity contribution in [2.24, 2.45) is 0 Å². The van der Waals surface area contributed by atoms with Gasteiger partial charge in [0.2, 0.25) is 0 Å². The van der Waals surface area contributed by atoms with E-state index in [0.29, 0.717) is 5.69 Å². The Hall–Kier alpha value is -1.78. The van der Waals surface area contributed by atoms with E-state index in [1.165, 1.54) is 30.3 Å². The first-order chi connectivity index (χ1) is 8.97. The Labute approximate surface area is 119 Å². The Morgan fingerprint density at radius 3 is 2.37 bits per heavy atom. The Balaban J connectivity index is 2.29. The summed E-state index contributed by atoms with van der Waals surface area (Å²) in [5, 5.41) is 2.96. The first kappa shape index (κ1) is 13.6. The smallest absolute Gasteiger partial charge is 0.255 e. The van der Waals surface area contributed by atoms with Gasteiger partial charge in [-0.1, -0.05) is 29.3 Å². The van der Waals surface area contributed by atoms with Crippen LogP contribution < -0.4 is 11.1 Å². The Morgan fingerprint density at radius 2 is 1.79 bits per heavy atom. The van der Waals surface area contributed by atoms with Gasteiger partial charge in [0.05, 0.1) is 15.7 Å². The summed E-state index contributed by atoms with van der Waals surface area (Å²) >= 11 is 11.9. The van der Waals surface area contributed by atoms with E-state index >= 15 is 0 Å². The molecule has 19 heavy (non-hydrogen) atoms. The maximum atomic E-state index is 13.0. The molecule has 0 saturated heterocycles. The first-order valence-electron chi connectivity index (χ1n) is 5.29. The molecule has 1 amide bonds. The monoisotopic (exact) mass is 298 g/mol. The van der Waals surface area contributed by atoms with Gasteiger partial charge in [-0.15, -0.1) is 0 Å². The fraction of sp³-hybridized carbons (Fsp3) is 0. The van der Waals surface area contributed by atoms with E-state index in [0.717, 1.165) is 6.07 Å². The van der Waals surface area contributed by atoms with Crippen molar-refractivity contribution in [2.45, 2.75) is 0 Å². The van der Waals surface area contributed by atoms with Crippen molar-refractivity contribution >= 4 is 40.5 Å². The highest BCUT2D eigenvalue weighted by Gasteiger charge is 2.12. The third-order valence-electron chi connectivity index (χ3n) is 2.39. The Morgan fingerprint density at radius 1 is 1.16 bits per heavy atom. The van der Waals surface area contributed by atoms with E-state index in [1.54, 1.807) is 0 Å². The molecule has 0 atom stereocenters. The van der Waals surface area contributed by atoms with Gasteiger partial charge in [-0.3, -0.25) is 4.79 Å². The molecule has 0 unspecified atom stereocenters. The molecule has 0 aromatic heterocycles. The number of halogens is 3. The van der Waals surface area contributed by atoms with E-state index in [1.807, 2.05) is 0 Å². The fourth-order valence-electron chi connectivity index (χ4n) is 1.53. The van der Waals surface area contributed by atoms with Gasteiger partial charge >= 0.3 is 0 Å². The summed E-state index contributed by atoms with van der Waals surface area (Å²) in [6.07, 6.45) is 0. The molecule has 6 heteroatoms. The first-order valence-corrected chi connectivity index (χ1v) is 6.04. The summed E-state index contributed by atoms with van der Waals surface area (Å²) < 4.78 is 13.0. The normalized spacial score (nSPS) is 10.3. The Kier molecular flexibility index (Phi) is 3.93. The van der Waals surface area contributed by atoms with Gasteiger partial charge in [-0.2, -0.15) is 0 Å². The number of carbonyl (C=O) groups excluding carboxylic acids is 1. The van der Waals surface area contributed by atoms with Crippen LogP contribution in [0.4, 0.5) is 15.8 Å². The van der Waals surface area contributed by atoms with Crippen LogP contribution in [0.25, 0.3) is 0 Å². The summed E-state index contributed by atoms with van der Waals surface area (Å²) in [6.45, 7) is 0. The minimum absolute atomic E-state index is 0.170. The van der Waals surface area contributed by atoms with Crippen molar-refractivity contribution in [3.63, 3.8) is 0 Å².